The standard InChI is InChI=1S/C14H12FN3/c1-10-4-5-17-8-12(10)9-18-13-2-3-14(15)11(6-13)7-16/h2-6,8,18H,9H2,1H3. The maximum atomic E-state index is 13.1. The number of nitrogens with one attached hydrogen (secondary N) is 1. The summed E-state index contributed by atoms with van der Waals surface area (Å²) in [7, 11) is 0. The Balaban J connectivity index is 2.12. The molecule has 0 aliphatic carbocycles. The van der Waals surface area contributed by atoms with Gasteiger partial charge in [-0.15, -0.1) is 0 Å². The van der Waals surface area contributed by atoms with E-state index >= 15 is 0 Å². The van der Waals surface area contributed by atoms with Crippen LogP contribution in [0.4, 0.5) is 10.1 Å². The second kappa shape index (κ2) is 5.28. The maximum absolute atomic E-state index is 13.1. The topological polar surface area (TPSA) is 48.7 Å². The molecule has 1 N–H and O–H groups in total. The Hall–Kier alpha value is -2.41. The van der Waals surface area contributed by atoms with Crippen molar-refractivity contribution in [1.82, 2.24) is 4.98 Å². The van der Waals surface area contributed by atoms with Crippen LogP contribution in [-0.4, -0.2) is 4.98 Å². The number of nitrogens with zero attached hydrogens (tertiary/aromatic N) is 2. The Morgan fingerprint density at radius 2 is 2.22 bits per heavy atom. The molecule has 18 heavy (non-hydrogen) atoms. The number of aryl methyl sites for hydroxylation is 1. The molecule has 90 valence electrons. The van der Waals surface area contributed by atoms with E-state index in [2.05, 4.69) is 10.3 Å². The molecule has 0 spiro atoms. The lowest BCUT2D eigenvalue weighted by Gasteiger charge is -2.08. The molecule has 0 aliphatic rings. The molecule has 0 amide bonds. The quantitative estimate of drug-likeness (QED) is 0.898. The SMILES string of the molecule is Cc1ccncc1CNc1ccc(F)c(C#N)c1. The van der Waals surface area contributed by atoms with Gasteiger partial charge in [0.2, 0.25) is 0 Å². The van der Waals surface area contributed by atoms with Crippen molar-refractivity contribution in [2.45, 2.75) is 13.5 Å². The Bertz CT molecular complexity index is 602. The smallest absolute Gasteiger partial charge is 0.141 e. The molecule has 2 aromatic rings. The summed E-state index contributed by atoms with van der Waals surface area (Å²) in [4.78, 5) is 4.05. The first-order chi connectivity index (χ1) is 8.70. The van der Waals surface area contributed by atoms with E-state index < -0.39 is 5.82 Å². The van der Waals surface area contributed by atoms with Crippen LogP contribution in [0.3, 0.4) is 0 Å². The Morgan fingerprint density at radius 1 is 1.39 bits per heavy atom. The number of benzene rings is 1. The third-order valence-electron chi connectivity index (χ3n) is 2.72. The van der Waals surface area contributed by atoms with Crippen molar-refractivity contribution in [1.29, 1.82) is 5.26 Å². The number of halogens is 1. The van der Waals surface area contributed by atoms with Crippen LogP contribution in [0, 0.1) is 24.1 Å². The van der Waals surface area contributed by atoms with Gasteiger partial charge in [0, 0.05) is 24.6 Å². The molecule has 0 aliphatic heterocycles. The van der Waals surface area contributed by atoms with E-state index in [9.17, 15) is 4.39 Å². The highest BCUT2D eigenvalue weighted by Crippen LogP contribution is 2.15. The molecule has 0 atom stereocenters. The predicted octanol–water partition coefficient (Wildman–Crippen LogP) is 3.01. The van der Waals surface area contributed by atoms with Crippen molar-refractivity contribution in [2.24, 2.45) is 0 Å². The van der Waals surface area contributed by atoms with Crippen molar-refractivity contribution >= 4 is 5.69 Å². The van der Waals surface area contributed by atoms with Gasteiger partial charge in [0.05, 0.1) is 5.56 Å². The zero-order valence-corrected chi connectivity index (χ0v) is 9.94. The lowest BCUT2D eigenvalue weighted by molar-refractivity contribution is 0.624. The van der Waals surface area contributed by atoms with E-state index in [0.29, 0.717) is 6.54 Å². The summed E-state index contributed by atoms with van der Waals surface area (Å²) in [5, 5.41) is 11.9. The summed E-state index contributed by atoms with van der Waals surface area (Å²) in [5.74, 6) is -0.499. The first kappa shape index (κ1) is 12.1. The molecule has 1 aromatic carbocycles. The average Bonchev–Trinajstić information content (AvgIpc) is 2.39. The van der Waals surface area contributed by atoms with Gasteiger partial charge in [-0.1, -0.05) is 0 Å². The Kier molecular flexibility index (Phi) is 3.54. The molecule has 0 radical (unpaired) electrons. The molecule has 1 heterocycles. The molecular formula is C14H12FN3. The van der Waals surface area contributed by atoms with Crippen LogP contribution in [0.25, 0.3) is 0 Å². The summed E-state index contributed by atoms with van der Waals surface area (Å²) in [6.45, 7) is 2.60. The minimum absolute atomic E-state index is 0.0444. The zero-order chi connectivity index (χ0) is 13.0. The Labute approximate surface area is 105 Å². The van der Waals surface area contributed by atoms with Gasteiger partial charge in [-0.3, -0.25) is 4.98 Å². The highest BCUT2D eigenvalue weighted by Gasteiger charge is 2.03. The Morgan fingerprint density at radius 3 is 2.94 bits per heavy atom. The van der Waals surface area contributed by atoms with Crippen LogP contribution in [0.5, 0.6) is 0 Å². The van der Waals surface area contributed by atoms with Crippen LogP contribution < -0.4 is 5.32 Å². The fourth-order valence-corrected chi connectivity index (χ4v) is 1.60. The average molecular weight is 241 g/mol. The summed E-state index contributed by atoms with van der Waals surface area (Å²) >= 11 is 0. The third-order valence-corrected chi connectivity index (χ3v) is 2.72. The van der Waals surface area contributed by atoms with Gasteiger partial charge >= 0.3 is 0 Å². The fourth-order valence-electron chi connectivity index (χ4n) is 1.60. The lowest BCUT2D eigenvalue weighted by Crippen LogP contribution is -2.02. The molecule has 0 fully saturated rings. The molecule has 0 unspecified atom stereocenters. The summed E-state index contributed by atoms with van der Waals surface area (Å²) in [5.41, 5.74) is 2.97. The number of rotatable bonds is 3. The van der Waals surface area contributed by atoms with E-state index in [4.69, 9.17) is 5.26 Å². The van der Waals surface area contributed by atoms with Crippen LogP contribution in [0.15, 0.2) is 36.7 Å². The molecule has 2 rings (SSSR count). The minimum atomic E-state index is -0.499. The molecule has 4 heteroatoms. The van der Waals surface area contributed by atoms with Crippen molar-refractivity contribution < 1.29 is 4.39 Å². The second-order valence-corrected chi connectivity index (χ2v) is 3.96. The highest BCUT2D eigenvalue weighted by atomic mass is 19.1. The number of pyridine rings is 1. The van der Waals surface area contributed by atoms with Crippen molar-refractivity contribution in [3.05, 3.63) is 59.2 Å². The van der Waals surface area contributed by atoms with E-state index in [1.165, 1.54) is 12.1 Å². The molecule has 0 bridgehead atoms. The van der Waals surface area contributed by atoms with Crippen LogP contribution in [0.1, 0.15) is 16.7 Å². The van der Waals surface area contributed by atoms with E-state index in [1.807, 2.05) is 19.1 Å². The third kappa shape index (κ3) is 2.64. The normalized spacial score (nSPS) is 9.83. The molecule has 0 saturated carbocycles. The molecule has 0 saturated heterocycles. The van der Waals surface area contributed by atoms with Gasteiger partial charge in [-0.2, -0.15) is 5.26 Å². The monoisotopic (exact) mass is 241 g/mol. The number of nitriles is 1. The largest absolute Gasteiger partial charge is 0.381 e. The van der Waals surface area contributed by atoms with E-state index in [0.717, 1.165) is 16.8 Å². The molecule has 1 aromatic heterocycles. The highest BCUT2D eigenvalue weighted by molar-refractivity contribution is 5.50. The van der Waals surface area contributed by atoms with Crippen molar-refractivity contribution in [3.63, 3.8) is 0 Å². The zero-order valence-electron chi connectivity index (χ0n) is 9.94. The summed E-state index contributed by atoms with van der Waals surface area (Å²) < 4.78 is 13.1. The van der Waals surface area contributed by atoms with Gasteiger partial charge in [-0.25, -0.2) is 4.39 Å². The van der Waals surface area contributed by atoms with E-state index in [1.54, 1.807) is 18.5 Å². The lowest BCUT2D eigenvalue weighted by atomic mass is 10.1. The van der Waals surface area contributed by atoms with Crippen LogP contribution >= 0.6 is 0 Å². The predicted molar refractivity (Wildman–Crippen MR) is 67.4 cm³/mol. The molecular weight excluding hydrogens is 229 g/mol. The number of hydrogen-bond donors (Lipinski definition) is 1. The van der Waals surface area contributed by atoms with Crippen molar-refractivity contribution in [3.8, 4) is 6.07 Å². The number of aromatic nitrogens is 1. The molecule has 3 nitrogen and oxygen atoms in total. The first-order valence-electron chi connectivity index (χ1n) is 5.53. The first-order valence-corrected chi connectivity index (χ1v) is 5.53. The maximum Gasteiger partial charge on any atom is 0.141 e. The van der Waals surface area contributed by atoms with Crippen molar-refractivity contribution in [2.75, 3.05) is 5.32 Å². The van der Waals surface area contributed by atoms with Gasteiger partial charge in [0.25, 0.3) is 0 Å². The van der Waals surface area contributed by atoms with Gasteiger partial charge in [0.15, 0.2) is 0 Å². The van der Waals surface area contributed by atoms with Crippen LogP contribution in [0.2, 0.25) is 0 Å². The van der Waals surface area contributed by atoms with Gasteiger partial charge in [0.1, 0.15) is 11.9 Å². The van der Waals surface area contributed by atoms with Gasteiger partial charge < -0.3 is 5.32 Å². The minimum Gasteiger partial charge on any atom is -0.381 e. The summed E-state index contributed by atoms with van der Waals surface area (Å²) in [6, 6.07) is 8.15. The van der Waals surface area contributed by atoms with Crippen LogP contribution in [-0.2, 0) is 6.54 Å². The second-order valence-electron chi connectivity index (χ2n) is 3.96. The number of hydrogen-bond acceptors (Lipinski definition) is 3. The number of anilines is 1. The summed E-state index contributed by atoms with van der Waals surface area (Å²) in [6.07, 6.45) is 3.53. The fraction of sp³-hybridized carbons (Fsp3) is 0.143. The van der Waals surface area contributed by atoms with Gasteiger partial charge in [-0.05, 0) is 42.3 Å². The van der Waals surface area contributed by atoms with E-state index in [-0.39, 0.29) is 5.56 Å².